The van der Waals surface area contributed by atoms with Crippen molar-refractivity contribution in [3.8, 4) is 0 Å². The zero-order valence-corrected chi connectivity index (χ0v) is 11.1. The molecule has 2 nitrogen and oxygen atoms in total. The maximum absolute atomic E-state index is 14.1. The molecule has 1 aromatic carbocycles. The molecule has 0 heterocycles. The van der Waals surface area contributed by atoms with Crippen LogP contribution in [0, 0.1) is 5.82 Å². The number of hydrogen-bond acceptors (Lipinski definition) is 2. The smallest absolute Gasteiger partial charge is 0.157 e. The van der Waals surface area contributed by atoms with Crippen molar-refractivity contribution in [2.24, 2.45) is 0 Å². The molecule has 0 radical (unpaired) electrons. The third-order valence-corrected chi connectivity index (χ3v) is 4.51. The number of ketones is 1. The van der Waals surface area contributed by atoms with E-state index in [0.29, 0.717) is 18.2 Å². The molecular weight excluding hydrogens is 241 g/mol. The van der Waals surface area contributed by atoms with E-state index in [2.05, 4.69) is 5.32 Å². The highest BCUT2D eigenvalue weighted by Crippen LogP contribution is 2.42. The van der Waals surface area contributed by atoms with Gasteiger partial charge in [-0.3, -0.25) is 4.79 Å². The number of Topliss-reactive ketones (excluding diaryl/α,β-unsaturated/α-hetero) is 1. The van der Waals surface area contributed by atoms with Crippen molar-refractivity contribution in [1.82, 2.24) is 5.32 Å². The number of benzene rings is 1. The average Bonchev–Trinajstić information content (AvgIpc) is 3.12. The molecule has 102 valence electrons. The number of carbonyl (C=O) groups excluding carboxylic acids is 1. The fraction of sp³-hybridized carbons (Fsp3) is 0.562. The minimum atomic E-state index is -0.576. The third kappa shape index (κ3) is 2.44. The first kappa shape index (κ1) is 12.8. The second-order valence-corrected chi connectivity index (χ2v) is 5.85. The monoisotopic (exact) mass is 261 g/mol. The van der Waals surface area contributed by atoms with Crippen LogP contribution >= 0.6 is 0 Å². The number of carbonyl (C=O) groups is 1. The SMILES string of the molecule is O=C(CNC1CC1)C1(c2ccccc2F)CCCC1. The first-order valence-corrected chi connectivity index (χ1v) is 7.24. The number of hydrogen-bond donors (Lipinski definition) is 1. The number of halogens is 1. The highest BCUT2D eigenvalue weighted by molar-refractivity contribution is 5.92. The molecule has 1 aromatic rings. The molecule has 0 bridgehead atoms. The van der Waals surface area contributed by atoms with E-state index in [1.165, 1.54) is 18.9 Å². The van der Waals surface area contributed by atoms with Crippen LogP contribution < -0.4 is 5.32 Å². The molecular formula is C16H20FNO. The third-order valence-electron chi connectivity index (χ3n) is 4.51. The Hall–Kier alpha value is -1.22. The fourth-order valence-corrected chi connectivity index (χ4v) is 3.22. The van der Waals surface area contributed by atoms with E-state index in [0.717, 1.165) is 25.7 Å². The Labute approximate surface area is 113 Å². The lowest BCUT2D eigenvalue weighted by atomic mass is 9.75. The van der Waals surface area contributed by atoms with Gasteiger partial charge in [0.25, 0.3) is 0 Å². The Balaban J connectivity index is 1.85. The Morgan fingerprint density at radius 3 is 2.58 bits per heavy atom. The van der Waals surface area contributed by atoms with Gasteiger partial charge in [0.2, 0.25) is 0 Å². The summed E-state index contributed by atoms with van der Waals surface area (Å²) in [5.41, 5.74) is 0.0304. The van der Waals surface area contributed by atoms with Crippen molar-refractivity contribution in [3.05, 3.63) is 35.6 Å². The summed E-state index contributed by atoms with van der Waals surface area (Å²) in [6.07, 6.45) is 5.95. The molecule has 0 unspecified atom stereocenters. The van der Waals surface area contributed by atoms with Crippen molar-refractivity contribution >= 4 is 5.78 Å². The van der Waals surface area contributed by atoms with Crippen LogP contribution in [0.15, 0.2) is 24.3 Å². The predicted octanol–water partition coefficient (Wildman–Crippen LogP) is 2.96. The lowest BCUT2D eigenvalue weighted by Gasteiger charge is -2.28. The van der Waals surface area contributed by atoms with Crippen molar-refractivity contribution in [2.75, 3.05) is 6.54 Å². The summed E-state index contributed by atoms with van der Waals surface area (Å²) in [4.78, 5) is 12.6. The topological polar surface area (TPSA) is 29.1 Å². The summed E-state index contributed by atoms with van der Waals surface area (Å²) in [5.74, 6) is -0.0637. The van der Waals surface area contributed by atoms with E-state index in [1.54, 1.807) is 12.1 Å². The molecule has 3 rings (SSSR count). The summed E-state index contributed by atoms with van der Waals surface area (Å²) >= 11 is 0. The molecule has 3 heteroatoms. The van der Waals surface area contributed by atoms with Crippen LogP contribution in [0.5, 0.6) is 0 Å². The Morgan fingerprint density at radius 2 is 1.95 bits per heavy atom. The maximum Gasteiger partial charge on any atom is 0.157 e. The highest BCUT2D eigenvalue weighted by atomic mass is 19.1. The second-order valence-electron chi connectivity index (χ2n) is 5.85. The molecule has 2 saturated carbocycles. The van der Waals surface area contributed by atoms with E-state index >= 15 is 0 Å². The van der Waals surface area contributed by atoms with E-state index in [1.807, 2.05) is 6.07 Å². The molecule has 2 fully saturated rings. The van der Waals surface area contributed by atoms with Crippen molar-refractivity contribution in [2.45, 2.75) is 50.0 Å². The lowest BCUT2D eigenvalue weighted by Crippen LogP contribution is -2.40. The zero-order valence-electron chi connectivity index (χ0n) is 11.1. The van der Waals surface area contributed by atoms with Gasteiger partial charge < -0.3 is 5.32 Å². The average molecular weight is 261 g/mol. The molecule has 0 spiro atoms. The van der Waals surface area contributed by atoms with Gasteiger partial charge in [0.15, 0.2) is 5.78 Å². The quantitative estimate of drug-likeness (QED) is 0.883. The zero-order chi connectivity index (χ0) is 13.3. The molecule has 0 atom stereocenters. The predicted molar refractivity (Wildman–Crippen MR) is 72.6 cm³/mol. The van der Waals surface area contributed by atoms with Gasteiger partial charge in [-0.2, -0.15) is 0 Å². The summed E-state index contributed by atoms with van der Waals surface area (Å²) in [6, 6.07) is 7.30. The van der Waals surface area contributed by atoms with Gasteiger partial charge in [-0.25, -0.2) is 4.39 Å². The molecule has 19 heavy (non-hydrogen) atoms. The Kier molecular flexibility index (Phi) is 3.40. The van der Waals surface area contributed by atoms with Gasteiger partial charge in [-0.1, -0.05) is 31.0 Å². The molecule has 0 aromatic heterocycles. The molecule has 0 saturated heterocycles. The van der Waals surface area contributed by atoms with E-state index in [4.69, 9.17) is 0 Å². The second kappa shape index (κ2) is 5.04. The minimum Gasteiger partial charge on any atom is -0.307 e. The molecule has 2 aliphatic rings. The molecule has 0 aliphatic heterocycles. The standard InChI is InChI=1S/C16H20FNO/c17-14-6-2-1-5-13(14)16(9-3-4-10-16)15(19)11-18-12-7-8-12/h1-2,5-6,12,18H,3-4,7-11H2. The first-order valence-electron chi connectivity index (χ1n) is 7.24. The van der Waals surface area contributed by atoms with Crippen LogP contribution in [0.25, 0.3) is 0 Å². The van der Waals surface area contributed by atoms with Gasteiger partial charge in [0.1, 0.15) is 5.82 Å². The largest absolute Gasteiger partial charge is 0.307 e. The molecule has 2 aliphatic carbocycles. The van der Waals surface area contributed by atoms with Crippen molar-refractivity contribution in [1.29, 1.82) is 0 Å². The van der Waals surface area contributed by atoms with Crippen molar-refractivity contribution in [3.63, 3.8) is 0 Å². The fourth-order valence-electron chi connectivity index (χ4n) is 3.22. The summed E-state index contributed by atoms with van der Waals surface area (Å²) in [5, 5.41) is 3.28. The van der Waals surface area contributed by atoms with E-state index in [-0.39, 0.29) is 11.6 Å². The van der Waals surface area contributed by atoms with Crippen LogP contribution in [0.2, 0.25) is 0 Å². The van der Waals surface area contributed by atoms with Crippen molar-refractivity contribution < 1.29 is 9.18 Å². The normalized spacial score (nSPS) is 21.5. The summed E-state index contributed by atoms with van der Waals surface area (Å²) < 4.78 is 14.1. The van der Waals surface area contributed by atoms with Gasteiger partial charge >= 0.3 is 0 Å². The van der Waals surface area contributed by atoms with Gasteiger partial charge in [0, 0.05) is 11.6 Å². The molecule has 0 amide bonds. The van der Waals surface area contributed by atoms with E-state index in [9.17, 15) is 9.18 Å². The van der Waals surface area contributed by atoms with Crippen LogP contribution in [0.3, 0.4) is 0 Å². The van der Waals surface area contributed by atoms with E-state index < -0.39 is 5.41 Å². The van der Waals surface area contributed by atoms with Crippen LogP contribution in [0.4, 0.5) is 4.39 Å². The number of nitrogens with one attached hydrogen (secondary N) is 1. The van der Waals surface area contributed by atoms with Crippen LogP contribution in [-0.4, -0.2) is 18.4 Å². The summed E-state index contributed by atoms with van der Waals surface area (Å²) in [7, 11) is 0. The molecule has 1 N–H and O–H groups in total. The minimum absolute atomic E-state index is 0.169. The highest BCUT2D eigenvalue weighted by Gasteiger charge is 2.43. The van der Waals surface area contributed by atoms with Gasteiger partial charge in [0.05, 0.1) is 12.0 Å². The first-order chi connectivity index (χ1) is 9.22. The van der Waals surface area contributed by atoms with Crippen LogP contribution in [-0.2, 0) is 10.2 Å². The van der Waals surface area contributed by atoms with Gasteiger partial charge in [-0.15, -0.1) is 0 Å². The summed E-state index contributed by atoms with van der Waals surface area (Å²) in [6.45, 7) is 0.388. The van der Waals surface area contributed by atoms with Crippen LogP contribution in [0.1, 0.15) is 44.1 Å². The lowest BCUT2D eigenvalue weighted by molar-refractivity contribution is -0.123. The Morgan fingerprint density at radius 1 is 1.26 bits per heavy atom. The number of rotatable bonds is 5. The Bertz CT molecular complexity index is 475. The van der Waals surface area contributed by atoms with Gasteiger partial charge in [-0.05, 0) is 31.7 Å². The maximum atomic E-state index is 14.1.